The Kier molecular flexibility index (Phi) is 10.3. The van der Waals surface area contributed by atoms with Gasteiger partial charge in [0.15, 0.2) is 0 Å². The van der Waals surface area contributed by atoms with Gasteiger partial charge in [0, 0.05) is 19.5 Å². The normalized spacial score (nSPS) is 12.2. The van der Waals surface area contributed by atoms with Gasteiger partial charge in [0.05, 0.1) is 11.9 Å². The molecule has 3 rings (SSSR count). The lowest BCUT2D eigenvalue weighted by Crippen LogP contribution is -2.53. The lowest BCUT2D eigenvalue weighted by molar-refractivity contribution is -0.140. The van der Waals surface area contributed by atoms with Crippen LogP contribution in [0.1, 0.15) is 48.9 Å². The maximum Gasteiger partial charge on any atom is 0.244 e. The Balaban J connectivity index is 2.09. The molecule has 3 aromatic rings. The number of rotatable bonds is 12. The molecule has 0 fully saturated rings. The Bertz CT molecular complexity index is 1370. The number of hydrogen-bond acceptors (Lipinski definition) is 4. The van der Waals surface area contributed by atoms with Gasteiger partial charge in [-0.05, 0) is 48.1 Å². The highest BCUT2D eigenvalue weighted by Gasteiger charge is 2.33. The van der Waals surface area contributed by atoms with E-state index in [2.05, 4.69) is 5.32 Å². The van der Waals surface area contributed by atoms with Crippen molar-refractivity contribution < 1.29 is 18.0 Å². The Morgan fingerprint density at radius 1 is 0.897 bits per heavy atom. The number of likely N-dealkylation sites (N-methyl/N-ethyl adjacent to an activating group) is 1. The number of anilines is 1. The van der Waals surface area contributed by atoms with E-state index in [0.29, 0.717) is 18.7 Å². The summed E-state index contributed by atoms with van der Waals surface area (Å²) in [7, 11) is -3.81. The molecule has 39 heavy (non-hydrogen) atoms. The van der Waals surface area contributed by atoms with Crippen molar-refractivity contribution >= 4 is 27.5 Å². The van der Waals surface area contributed by atoms with E-state index in [1.54, 1.807) is 12.1 Å². The molecule has 0 radical (unpaired) electrons. The summed E-state index contributed by atoms with van der Waals surface area (Å²) in [5, 5.41) is 2.88. The van der Waals surface area contributed by atoms with Crippen LogP contribution in [0.15, 0.2) is 78.9 Å². The zero-order valence-electron chi connectivity index (χ0n) is 23.4. The topological polar surface area (TPSA) is 86.8 Å². The van der Waals surface area contributed by atoms with E-state index >= 15 is 0 Å². The van der Waals surface area contributed by atoms with Crippen LogP contribution < -0.4 is 9.62 Å². The largest absolute Gasteiger partial charge is 0.355 e. The fraction of sp³-hybridized carbons (Fsp3) is 0.355. The summed E-state index contributed by atoms with van der Waals surface area (Å²) in [5.41, 5.74) is 4.07. The fourth-order valence-electron chi connectivity index (χ4n) is 4.61. The van der Waals surface area contributed by atoms with Crippen molar-refractivity contribution in [3.05, 3.63) is 101 Å². The molecule has 0 saturated heterocycles. The van der Waals surface area contributed by atoms with Crippen LogP contribution in [0.3, 0.4) is 0 Å². The van der Waals surface area contributed by atoms with Gasteiger partial charge < -0.3 is 10.2 Å². The molecular formula is C31H39N3O4S. The van der Waals surface area contributed by atoms with Crippen molar-refractivity contribution in [2.45, 2.75) is 52.6 Å². The highest BCUT2D eigenvalue weighted by Crippen LogP contribution is 2.29. The van der Waals surface area contributed by atoms with Gasteiger partial charge in [-0.15, -0.1) is 0 Å². The van der Waals surface area contributed by atoms with Crippen LogP contribution in [-0.2, 0) is 32.6 Å². The number of nitrogens with one attached hydrogen (secondary N) is 1. The molecular weight excluding hydrogens is 510 g/mol. The molecule has 1 atom stereocenters. The zero-order valence-corrected chi connectivity index (χ0v) is 24.2. The number of hydrogen-bond donors (Lipinski definition) is 1. The summed E-state index contributed by atoms with van der Waals surface area (Å²) in [4.78, 5) is 29.1. The van der Waals surface area contributed by atoms with Crippen molar-refractivity contribution in [3.8, 4) is 0 Å². The van der Waals surface area contributed by atoms with Crippen LogP contribution in [0.5, 0.6) is 0 Å². The van der Waals surface area contributed by atoms with Crippen LogP contribution in [0, 0.1) is 6.92 Å². The molecule has 208 valence electrons. The summed E-state index contributed by atoms with van der Waals surface area (Å²) in [6.45, 7) is 7.92. The van der Waals surface area contributed by atoms with Gasteiger partial charge in [-0.3, -0.25) is 13.9 Å². The third-order valence-electron chi connectivity index (χ3n) is 6.73. The molecule has 0 bridgehead atoms. The number of carbonyl (C=O) groups excluding carboxylic acids is 2. The predicted octanol–water partition coefficient (Wildman–Crippen LogP) is 4.66. The Hall–Kier alpha value is -3.65. The van der Waals surface area contributed by atoms with E-state index in [1.165, 1.54) is 4.90 Å². The maximum atomic E-state index is 14.2. The highest BCUT2D eigenvalue weighted by molar-refractivity contribution is 7.92. The molecule has 0 heterocycles. The van der Waals surface area contributed by atoms with Crippen molar-refractivity contribution in [3.63, 3.8) is 0 Å². The van der Waals surface area contributed by atoms with Crippen LogP contribution in [0.4, 0.5) is 5.69 Å². The highest BCUT2D eigenvalue weighted by atomic mass is 32.2. The standard InChI is InChI=1S/C31H39N3O4S/c1-6-32-31(36)29(20-25-15-8-7-9-16-25)33(21-26-17-11-10-14-24(26)4)30(35)22-34(39(5,37)38)28-19-13-12-18-27(28)23(2)3/h7-19,23,29H,6,20-22H2,1-5H3,(H,32,36). The van der Waals surface area contributed by atoms with Gasteiger partial charge in [-0.1, -0.05) is 86.6 Å². The first kappa shape index (κ1) is 29.9. The molecule has 0 saturated carbocycles. The minimum atomic E-state index is -3.81. The Labute approximate surface area is 232 Å². The van der Waals surface area contributed by atoms with Gasteiger partial charge in [0.2, 0.25) is 21.8 Å². The molecule has 8 heteroatoms. The van der Waals surface area contributed by atoms with Crippen molar-refractivity contribution in [1.82, 2.24) is 10.2 Å². The second-order valence-corrected chi connectivity index (χ2v) is 11.9. The van der Waals surface area contributed by atoms with Gasteiger partial charge in [-0.25, -0.2) is 8.42 Å². The van der Waals surface area contributed by atoms with E-state index in [4.69, 9.17) is 0 Å². The van der Waals surface area contributed by atoms with E-state index in [9.17, 15) is 18.0 Å². The molecule has 0 aliphatic heterocycles. The first-order valence-corrected chi connectivity index (χ1v) is 15.1. The molecule has 3 aromatic carbocycles. The number of sulfonamides is 1. The van der Waals surface area contributed by atoms with Gasteiger partial charge in [0.25, 0.3) is 0 Å². The third-order valence-corrected chi connectivity index (χ3v) is 7.86. The summed E-state index contributed by atoms with van der Waals surface area (Å²) in [6, 6.07) is 23.6. The third kappa shape index (κ3) is 7.93. The van der Waals surface area contributed by atoms with Gasteiger partial charge >= 0.3 is 0 Å². The molecule has 1 unspecified atom stereocenters. The second kappa shape index (κ2) is 13.4. The van der Waals surface area contributed by atoms with Gasteiger partial charge in [0.1, 0.15) is 12.6 Å². The van der Waals surface area contributed by atoms with Crippen molar-refractivity contribution in [2.24, 2.45) is 0 Å². The number of para-hydroxylation sites is 1. The van der Waals surface area contributed by atoms with E-state index in [-0.39, 0.29) is 18.4 Å². The minimum Gasteiger partial charge on any atom is -0.355 e. The summed E-state index contributed by atoms with van der Waals surface area (Å²) < 4.78 is 27.3. The minimum absolute atomic E-state index is 0.0461. The lowest BCUT2D eigenvalue weighted by Gasteiger charge is -2.34. The van der Waals surface area contributed by atoms with E-state index in [0.717, 1.165) is 32.8 Å². The number of carbonyl (C=O) groups is 2. The molecule has 2 amide bonds. The lowest BCUT2D eigenvalue weighted by atomic mass is 10.0. The average molecular weight is 550 g/mol. The first-order chi connectivity index (χ1) is 18.5. The summed E-state index contributed by atoms with van der Waals surface area (Å²) >= 11 is 0. The molecule has 0 spiro atoms. The second-order valence-electron chi connectivity index (χ2n) is 10.0. The predicted molar refractivity (Wildman–Crippen MR) is 157 cm³/mol. The number of nitrogens with zero attached hydrogens (tertiary/aromatic N) is 2. The molecule has 0 aromatic heterocycles. The molecule has 0 aliphatic carbocycles. The molecule has 7 nitrogen and oxygen atoms in total. The number of benzene rings is 3. The average Bonchev–Trinajstić information content (AvgIpc) is 2.90. The number of aryl methyl sites for hydroxylation is 1. The Morgan fingerprint density at radius 3 is 2.13 bits per heavy atom. The zero-order chi connectivity index (χ0) is 28.6. The van der Waals surface area contributed by atoms with Crippen molar-refractivity contribution in [1.29, 1.82) is 0 Å². The molecule has 1 N–H and O–H groups in total. The van der Waals surface area contributed by atoms with Crippen LogP contribution >= 0.6 is 0 Å². The van der Waals surface area contributed by atoms with Crippen LogP contribution in [0.25, 0.3) is 0 Å². The van der Waals surface area contributed by atoms with E-state index in [1.807, 2.05) is 94.4 Å². The number of amides is 2. The monoisotopic (exact) mass is 549 g/mol. The summed E-state index contributed by atoms with van der Waals surface area (Å²) in [5.74, 6) is -0.684. The molecule has 0 aliphatic rings. The summed E-state index contributed by atoms with van der Waals surface area (Å²) in [6.07, 6.45) is 1.40. The van der Waals surface area contributed by atoms with Crippen LogP contribution in [-0.4, -0.2) is 50.5 Å². The SMILES string of the molecule is CCNC(=O)C(Cc1ccccc1)N(Cc1ccccc1C)C(=O)CN(c1ccccc1C(C)C)S(C)(=O)=O. The first-order valence-electron chi connectivity index (χ1n) is 13.2. The smallest absolute Gasteiger partial charge is 0.244 e. The Morgan fingerprint density at radius 2 is 1.51 bits per heavy atom. The quantitative estimate of drug-likeness (QED) is 0.356. The fourth-order valence-corrected chi connectivity index (χ4v) is 5.48. The van der Waals surface area contributed by atoms with Crippen molar-refractivity contribution in [2.75, 3.05) is 23.7 Å². The van der Waals surface area contributed by atoms with Crippen LogP contribution in [0.2, 0.25) is 0 Å². The van der Waals surface area contributed by atoms with E-state index < -0.39 is 28.5 Å². The maximum absolute atomic E-state index is 14.2. The van der Waals surface area contributed by atoms with Gasteiger partial charge in [-0.2, -0.15) is 0 Å².